The van der Waals surface area contributed by atoms with Gasteiger partial charge in [-0.25, -0.2) is 0 Å². The molecule has 1 aromatic rings. The minimum absolute atomic E-state index is 0.0520. The average molecular weight is 350 g/mol. The molecule has 1 aromatic carbocycles. The van der Waals surface area contributed by atoms with Crippen LogP contribution in [0.25, 0.3) is 0 Å². The monoisotopic (exact) mass is 349 g/mol. The number of nitrogens with one attached hydrogen (secondary N) is 2. The quantitative estimate of drug-likeness (QED) is 0.646. The highest BCUT2D eigenvalue weighted by molar-refractivity contribution is 6.30. The molecule has 2 N–H and O–H groups in total. The maximum absolute atomic E-state index is 6.24. The summed E-state index contributed by atoms with van der Waals surface area (Å²) in [4.78, 5) is 4.42. The molecule has 1 heterocycles. The lowest BCUT2D eigenvalue weighted by molar-refractivity contribution is 0.0513. The summed E-state index contributed by atoms with van der Waals surface area (Å²) in [5.41, 5.74) is 1.35. The predicted octanol–water partition coefficient (Wildman–Crippen LogP) is 3.50. The van der Waals surface area contributed by atoms with Crippen LogP contribution < -0.4 is 10.6 Å². The van der Waals surface area contributed by atoms with E-state index in [1.807, 2.05) is 19.2 Å². The molecule has 2 aliphatic rings. The van der Waals surface area contributed by atoms with Gasteiger partial charge in [0, 0.05) is 43.3 Å². The second kappa shape index (κ2) is 8.21. The largest absolute Gasteiger partial charge is 0.381 e. The van der Waals surface area contributed by atoms with Gasteiger partial charge < -0.3 is 15.4 Å². The molecule has 0 aromatic heterocycles. The Kier molecular flexibility index (Phi) is 6.01. The number of nitrogens with zero attached hydrogens (tertiary/aromatic N) is 1. The van der Waals surface area contributed by atoms with Crippen molar-refractivity contribution in [2.24, 2.45) is 4.99 Å². The maximum Gasteiger partial charge on any atom is 0.191 e. The number of ether oxygens (including phenoxy) is 1. The summed E-state index contributed by atoms with van der Waals surface area (Å²) in [7, 11) is 1.85. The topological polar surface area (TPSA) is 45.7 Å². The first-order valence-electron chi connectivity index (χ1n) is 9.03. The predicted molar refractivity (Wildman–Crippen MR) is 99.9 cm³/mol. The lowest BCUT2D eigenvalue weighted by atomic mass is 9.74. The summed E-state index contributed by atoms with van der Waals surface area (Å²) in [6.07, 6.45) is 7.13. The van der Waals surface area contributed by atoms with Gasteiger partial charge in [0.25, 0.3) is 0 Å². The number of aliphatic imine (C=N–C) groups is 1. The number of hydrogen-bond acceptors (Lipinski definition) is 2. The van der Waals surface area contributed by atoms with Crippen LogP contribution in [0.3, 0.4) is 0 Å². The van der Waals surface area contributed by atoms with E-state index in [0.29, 0.717) is 6.04 Å². The minimum atomic E-state index is 0.0520. The van der Waals surface area contributed by atoms with E-state index in [0.717, 1.165) is 43.6 Å². The number of rotatable bonds is 4. The van der Waals surface area contributed by atoms with Crippen LogP contribution in [-0.4, -0.2) is 38.8 Å². The summed E-state index contributed by atoms with van der Waals surface area (Å²) in [6, 6.07) is 8.83. The molecule has 1 saturated carbocycles. The highest BCUT2D eigenvalue weighted by Gasteiger charge is 2.35. The first-order valence-corrected chi connectivity index (χ1v) is 9.41. The fourth-order valence-electron chi connectivity index (χ4n) is 3.86. The Morgan fingerprint density at radius 2 is 2.04 bits per heavy atom. The Balaban J connectivity index is 1.69. The van der Waals surface area contributed by atoms with Crippen molar-refractivity contribution in [3.8, 4) is 0 Å². The molecule has 0 bridgehead atoms. The first kappa shape index (κ1) is 17.6. The van der Waals surface area contributed by atoms with Crippen molar-refractivity contribution in [1.82, 2.24) is 10.6 Å². The molecule has 24 heavy (non-hydrogen) atoms. The van der Waals surface area contributed by atoms with Crippen LogP contribution in [-0.2, 0) is 10.2 Å². The van der Waals surface area contributed by atoms with Crippen molar-refractivity contribution in [2.45, 2.75) is 50.0 Å². The van der Waals surface area contributed by atoms with Gasteiger partial charge in [0.15, 0.2) is 5.96 Å². The van der Waals surface area contributed by atoms with E-state index in [4.69, 9.17) is 16.3 Å². The van der Waals surface area contributed by atoms with E-state index >= 15 is 0 Å². The third kappa shape index (κ3) is 4.22. The molecule has 1 saturated heterocycles. The van der Waals surface area contributed by atoms with Crippen LogP contribution in [0.2, 0.25) is 5.02 Å². The van der Waals surface area contributed by atoms with Gasteiger partial charge in [0.1, 0.15) is 0 Å². The van der Waals surface area contributed by atoms with Crippen LogP contribution in [0, 0.1) is 0 Å². The summed E-state index contributed by atoms with van der Waals surface area (Å²) in [6.45, 7) is 2.44. The van der Waals surface area contributed by atoms with Gasteiger partial charge in [-0.3, -0.25) is 4.99 Å². The standard InChI is InChI=1S/C19H28ClN3O/c1-21-18(23-17-7-2-3-8-17)22-14-19(9-11-24-12-10-19)15-5-4-6-16(20)13-15/h4-6,13,17H,2-3,7-12,14H2,1H3,(H2,21,22,23). The van der Waals surface area contributed by atoms with Crippen LogP contribution in [0.5, 0.6) is 0 Å². The SMILES string of the molecule is CN=C(NCC1(c2cccc(Cl)c2)CCOCC1)NC1CCCC1. The highest BCUT2D eigenvalue weighted by atomic mass is 35.5. The van der Waals surface area contributed by atoms with E-state index in [1.54, 1.807) is 0 Å². The van der Waals surface area contributed by atoms with Gasteiger partial charge in [-0.2, -0.15) is 0 Å². The molecule has 0 unspecified atom stereocenters. The van der Waals surface area contributed by atoms with Crippen molar-refractivity contribution in [3.05, 3.63) is 34.9 Å². The summed E-state index contributed by atoms with van der Waals surface area (Å²) in [5.74, 6) is 0.912. The van der Waals surface area contributed by atoms with E-state index in [9.17, 15) is 0 Å². The van der Waals surface area contributed by atoms with Crippen molar-refractivity contribution in [3.63, 3.8) is 0 Å². The van der Waals surface area contributed by atoms with Crippen LogP contribution in [0.1, 0.15) is 44.1 Å². The van der Waals surface area contributed by atoms with Gasteiger partial charge >= 0.3 is 0 Å². The van der Waals surface area contributed by atoms with Crippen LogP contribution >= 0.6 is 11.6 Å². The Morgan fingerprint density at radius 3 is 2.71 bits per heavy atom. The van der Waals surface area contributed by atoms with Gasteiger partial charge in [-0.15, -0.1) is 0 Å². The molecule has 1 aliphatic heterocycles. The van der Waals surface area contributed by atoms with Gasteiger partial charge in [0.05, 0.1) is 0 Å². The lowest BCUT2D eigenvalue weighted by Crippen LogP contribution is -2.49. The molecule has 5 heteroatoms. The lowest BCUT2D eigenvalue weighted by Gasteiger charge is -2.38. The zero-order valence-electron chi connectivity index (χ0n) is 14.5. The molecule has 1 aliphatic carbocycles. The van der Waals surface area contributed by atoms with E-state index in [1.165, 1.54) is 31.2 Å². The third-order valence-corrected chi connectivity index (χ3v) is 5.64. The maximum atomic E-state index is 6.24. The number of benzene rings is 1. The molecule has 0 atom stereocenters. The molecule has 3 rings (SSSR count). The van der Waals surface area contributed by atoms with Crippen molar-refractivity contribution in [2.75, 3.05) is 26.8 Å². The zero-order chi connectivity index (χ0) is 16.8. The Labute approximate surface area is 150 Å². The Morgan fingerprint density at radius 1 is 1.29 bits per heavy atom. The molecule has 4 nitrogen and oxygen atoms in total. The number of hydrogen-bond donors (Lipinski definition) is 2. The molecule has 2 fully saturated rings. The Bertz CT molecular complexity index is 563. The smallest absolute Gasteiger partial charge is 0.191 e. The second-order valence-electron chi connectivity index (χ2n) is 6.95. The Hall–Kier alpha value is -1.26. The first-order chi connectivity index (χ1) is 11.7. The van der Waals surface area contributed by atoms with E-state index in [-0.39, 0.29) is 5.41 Å². The minimum Gasteiger partial charge on any atom is -0.381 e. The average Bonchev–Trinajstić information content (AvgIpc) is 3.12. The van der Waals surface area contributed by atoms with Gasteiger partial charge in [-0.1, -0.05) is 36.6 Å². The number of guanidine groups is 1. The van der Waals surface area contributed by atoms with Crippen LogP contribution in [0.4, 0.5) is 0 Å². The molecule has 0 spiro atoms. The third-order valence-electron chi connectivity index (χ3n) is 5.40. The number of halogens is 1. The van der Waals surface area contributed by atoms with Crippen molar-refractivity contribution < 1.29 is 4.74 Å². The summed E-state index contributed by atoms with van der Waals surface area (Å²) >= 11 is 6.24. The molecular formula is C19H28ClN3O. The van der Waals surface area contributed by atoms with E-state index < -0.39 is 0 Å². The molecule has 132 valence electrons. The van der Waals surface area contributed by atoms with Crippen molar-refractivity contribution >= 4 is 17.6 Å². The molecular weight excluding hydrogens is 322 g/mol. The fraction of sp³-hybridized carbons (Fsp3) is 0.632. The summed E-state index contributed by atoms with van der Waals surface area (Å²) < 4.78 is 5.61. The second-order valence-corrected chi connectivity index (χ2v) is 7.39. The van der Waals surface area contributed by atoms with E-state index in [2.05, 4.69) is 27.8 Å². The normalized spacial score (nSPS) is 21.7. The zero-order valence-corrected chi connectivity index (χ0v) is 15.2. The fourth-order valence-corrected chi connectivity index (χ4v) is 4.05. The summed E-state index contributed by atoms with van der Waals surface area (Å²) in [5, 5.41) is 7.93. The van der Waals surface area contributed by atoms with Gasteiger partial charge in [0.2, 0.25) is 0 Å². The molecule has 0 amide bonds. The highest BCUT2D eigenvalue weighted by Crippen LogP contribution is 2.35. The van der Waals surface area contributed by atoms with Crippen molar-refractivity contribution in [1.29, 1.82) is 0 Å². The molecule has 0 radical (unpaired) electrons. The van der Waals surface area contributed by atoms with Gasteiger partial charge in [-0.05, 0) is 43.4 Å². The van der Waals surface area contributed by atoms with Crippen LogP contribution in [0.15, 0.2) is 29.3 Å².